The maximum atomic E-state index is 13.9. The van der Waals surface area contributed by atoms with Crippen LogP contribution >= 0.6 is 11.3 Å². The fourth-order valence-electron chi connectivity index (χ4n) is 5.19. The molecule has 9 nitrogen and oxygen atoms in total. The van der Waals surface area contributed by atoms with E-state index in [0.717, 1.165) is 16.8 Å². The topological polar surface area (TPSA) is 109 Å². The summed E-state index contributed by atoms with van der Waals surface area (Å²) in [7, 11) is 0. The Morgan fingerprint density at radius 1 is 1.26 bits per heavy atom. The van der Waals surface area contributed by atoms with Gasteiger partial charge < -0.3 is 14.7 Å². The lowest BCUT2D eigenvalue weighted by Crippen LogP contribution is -2.54. The van der Waals surface area contributed by atoms with Crippen LogP contribution in [0.1, 0.15) is 41.0 Å². The van der Waals surface area contributed by atoms with E-state index in [4.69, 9.17) is 4.52 Å². The van der Waals surface area contributed by atoms with Gasteiger partial charge in [0.15, 0.2) is 5.54 Å². The van der Waals surface area contributed by atoms with Gasteiger partial charge in [-0.05, 0) is 61.1 Å². The third-order valence-corrected chi connectivity index (χ3v) is 7.87. The molecule has 1 atom stereocenters. The van der Waals surface area contributed by atoms with Gasteiger partial charge in [-0.15, -0.1) is 0 Å². The zero-order chi connectivity index (χ0) is 24.6. The molecule has 0 saturated carbocycles. The molecular weight excluding hydrogens is 466 g/mol. The first-order chi connectivity index (χ1) is 16.9. The standard InChI is InChI=1S/C25H27N5O4S/c1-16-21(17(2)34-28-16)12-22(31)29-9-5-19(6-10-29)25(20-4-3-8-26-13-20)23(32)30(24(33)27-25)14-18-7-11-35-15-18/h3-4,7-8,11,13,15,19H,5-6,9-10,12,14H2,1-2H3,(H,27,33)/t25-/m1/s1. The SMILES string of the molecule is Cc1noc(C)c1CC(=O)N1CCC([C@]2(c3cccnc3)NC(=O)N(Cc3ccsc3)C2=O)CC1. The number of nitrogens with one attached hydrogen (secondary N) is 1. The lowest BCUT2D eigenvalue weighted by atomic mass is 9.73. The minimum atomic E-state index is -1.20. The molecule has 182 valence electrons. The molecule has 0 radical (unpaired) electrons. The molecule has 4 amide bonds. The number of rotatable bonds is 6. The second-order valence-electron chi connectivity index (χ2n) is 9.14. The Balaban J connectivity index is 1.36. The molecule has 2 fully saturated rings. The molecule has 2 aliphatic rings. The van der Waals surface area contributed by atoms with Crippen LogP contribution in [0.5, 0.6) is 0 Å². The Bertz CT molecular complexity index is 1210. The quantitative estimate of drug-likeness (QED) is 0.529. The Hall–Kier alpha value is -3.53. The largest absolute Gasteiger partial charge is 0.361 e. The van der Waals surface area contributed by atoms with Gasteiger partial charge in [-0.3, -0.25) is 19.5 Å². The second-order valence-corrected chi connectivity index (χ2v) is 9.92. The monoisotopic (exact) mass is 493 g/mol. The van der Waals surface area contributed by atoms with Crippen LogP contribution in [0.2, 0.25) is 0 Å². The van der Waals surface area contributed by atoms with E-state index in [1.54, 1.807) is 18.5 Å². The first kappa shape index (κ1) is 23.2. The number of hydrogen-bond acceptors (Lipinski definition) is 7. The van der Waals surface area contributed by atoms with Crippen LogP contribution in [0.4, 0.5) is 4.79 Å². The van der Waals surface area contributed by atoms with E-state index in [-0.39, 0.29) is 30.7 Å². The highest BCUT2D eigenvalue weighted by Crippen LogP contribution is 2.41. The zero-order valence-corrected chi connectivity index (χ0v) is 20.5. The van der Waals surface area contributed by atoms with E-state index in [0.29, 0.717) is 37.3 Å². The summed E-state index contributed by atoms with van der Waals surface area (Å²) in [6, 6.07) is 5.13. The van der Waals surface area contributed by atoms with Crippen LogP contribution in [-0.4, -0.2) is 50.9 Å². The van der Waals surface area contributed by atoms with E-state index in [1.807, 2.05) is 41.6 Å². The molecule has 5 rings (SSSR count). The number of amides is 4. The lowest BCUT2D eigenvalue weighted by molar-refractivity contribution is -0.136. The minimum Gasteiger partial charge on any atom is -0.361 e. The number of likely N-dealkylation sites (tertiary alicyclic amines) is 1. The average Bonchev–Trinajstić information content (AvgIpc) is 3.57. The van der Waals surface area contributed by atoms with Crippen molar-refractivity contribution in [1.29, 1.82) is 0 Å². The summed E-state index contributed by atoms with van der Waals surface area (Å²) >= 11 is 1.53. The molecule has 0 aromatic carbocycles. The van der Waals surface area contributed by atoms with Gasteiger partial charge in [0.25, 0.3) is 5.91 Å². The molecule has 35 heavy (non-hydrogen) atoms. The lowest BCUT2D eigenvalue weighted by Gasteiger charge is -2.41. The highest BCUT2D eigenvalue weighted by molar-refractivity contribution is 7.07. The number of hydrogen-bond donors (Lipinski definition) is 1. The number of urea groups is 1. The van der Waals surface area contributed by atoms with E-state index >= 15 is 0 Å². The van der Waals surface area contributed by atoms with Gasteiger partial charge in [-0.2, -0.15) is 11.3 Å². The number of piperidine rings is 1. The van der Waals surface area contributed by atoms with Gasteiger partial charge in [0.2, 0.25) is 5.91 Å². The fraction of sp³-hybridized carbons (Fsp3) is 0.400. The Labute approximate surface area is 207 Å². The van der Waals surface area contributed by atoms with Crippen molar-refractivity contribution in [3.8, 4) is 0 Å². The maximum absolute atomic E-state index is 13.9. The molecule has 1 N–H and O–H groups in total. The van der Waals surface area contributed by atoms with Gasteiger partial charge in [-0.1, -0.05) is 11.2 Å². The molecule has 2 saturated heterocycles. The van der Waals surface area contributed by atoms with Crippen molar-refractivity contribution in [1.82, 2.24) is 25.3 Å². The normalized spacial score (nSPS) is 21.0. The second kappa shape index (κ2) is 9.26. The van der Waals surface area contributed by atoms with Crippen LogP contribution in [-0.2, 0) is 28.1 Å². The van der Waals surface area contributed by atoms with Crippen molar-refractivity contribution in [3.05, 3.63) is 69.5 Å². The fourth-order valence-corrected chi connectivity index (χ4v) is 5.85. The highest BCUT2D eigenvalue weighted by Gasteiger charge is 2.57. The number of aryl methyl sites for hydroxylation is 2. The summed E-state index contributed by atoms with van der Waals surface area (Å²) in [6.07, 6.45) is 4.71. The predicted octanol–water partition coefficient (Wildman–Crippen LogP) is 3.18. The highest BCUT2D eigenvalue weighted by atomic mass is 32.1. The van der Waals surface area contributed by atoms with E-state index < -0.39 is 11.6 Å². The van der Waals surface area contributed by atoms with Gasteiger partial charge >= 0.3 is 6.03 Å². The van der Waals surface area contributed by atoms with Crippen molar-refractivity contribution >= 4 is 29.2 Å². The molecule has 5 heterocycles. The molecule has 0 spiro atoms. The van der Waals surface area contributed by atoms with Crippen molar-refractivity contribution < 1.29 is 18.9 Å². The molecule has 10 heteroatoms. The van der Waals surface area contributed by atoms with Crippen LogP contribution in [0.25, 0.3) is 0 Å². The summed E-state index contributed by atoms with van der Waals surface area (Å²) < 4.78 is 5.19. The van der Waals surface area contributed by atoms with Crippen LogP contribution in [0.15, 0.2) is 45.9 Å². The molecule has 2 aliphatic heterocycles. The third-order valence-electron chi connectivity index (χ3n) is 7.14. The predicted molar refractivity (Wildman–Crippen MR) is 128 cm³/mol. The Morgan fingerprint density at radius 2 is 2.06 bits per heavy atom. The first-order valence-corrected chi connectivity index (χ1v) is 12.6. The molecule has 3 aromatic rings. The summed E-state index contributed by atoms with van der Waals surface area (Å²) in [5.74, 6) is 0.237. The van der Waals surface area contributed by atoms with Gasteiger partial charge in [0.05, 0.1) is 18.7 Å². The Kier molecular flexibility index (Phi) is 6.14. The molecule has 0 aliphatic carbocycles. The average molecular weight is 494 g/mol. The summed E-state index contributed by atoms with van der Waals surface area (Å²) in [6.45, 7) is 4.87. The number of pyridine rings is 1. The first-order valence-electron chi connectivity index (χ1n) is 11.7. The number of imide groups is 1. The van der Waals surface area contributed by atoms with Crippen molar-refractivity contribution in [2.75, 3.05) is 13.1 Å². The smallest absolute Gasteiger partial charge is 0.325 e. The number of carbonyl (C=O) groups is 3. The maximum Gasteiger partial charge on any atom is 0.325 e. The molecule has 3 aromatic heterocycles. The van der Waals surface area contributed by atoms with Gasteiger partial charge in [-0.25, -0.2) is 4.79 Å². The minimum absolute atomic E-state index is 0.00847. The molecule has 0 bridgehead atoms. The molecular formula is C25H27N5O4S. The van der Waals surface area contributed by atoms with Crippen molar-refractivity contribution in [3.63, 3.8) is 0 Å². The number of carbonyl (C=O) groups excluding carboxylic acids is 3. The summed E-state index contributed by atoms with van der Waals surface area (Å²) in [5, 5.41) is 10.8. The van der Waals surface area contributed by atoms with Crippen molar-refractivity contribution in [2.24, 2.45) is 5.92 Å². The third kappa shape index (κ3) is 4.12. The van der Waals surface area contributed by atoms with Gasteiger partial charge in [0.1, 0.15) is 5.76 Å². The summed E-state index contributed by atoms with van der Waals surface area (Å²) in [5.41, 5.74) is 1.95. The van der Waals surface area contributed by atoms with Crippen molar-refractivity contribution in [2.45, 2.75) is 45.2 Å². The molecule has 0 unspecified atom stereocenters. The van der Waals surface area contributed by atoms with Crippen LogP contribution in [0, 0.1) is 19.8 Å². The Morgan fingerprint density at radius 3 is 2.69 bits per heavy atom. The van der Waals surface area contributed by atoms with Gasteiger partial charge in [0, 0.05) is 36.6 Å². The number of nitrogens with zero attached hydrogens (tertiary/aromatic N) is 4. The van der Waals surface area contributed by atoms with Crippen LogP contribution in [0.3, 0.4) is 0 Å². The zero-order valence-electron chi connectivity index (χ0n) is 19.7. The van der Waals surface area contributed by atoms with Crippen LogP contribution < -0.4 is 5.32 Å². The van der Waals surface area contributed by atoms with E-state index in [2.05, 4.69) is 15.5 Å². The number of thiophene rings is 1. The van der Waals surface area contributed by atoms with E-state index in [9.17, 15) is 14.4 Å². The number of aromatic nitrogens is 2. The summed E-state index contributed by atoms with van der Waals surface area (Å²) in [4.78, 5) is 47.3. The van der Waals surface area contributed by atoms with E-state index in [1.165, 1.54) is 16.2 Å².